The van der Waals surface area contributed by atoms with Gasteiger partial charge in [-0.1, -0.05) is 6.08 Å². The molecule has 0 aliphatic carbocycles. The van der Waals surface area contributed by atoms with Gasteiger partial charge in [0.1, 0.15) is 11.6 Å². The summed E-state index contributed by atoms with van der Waals surface area (Å²) in [6, 6.07) is 0. The van der Waals surface area contributed by atoms with Crippen molar-refractivity contribution in [1.29, 1.82) is 0 Å². The molecule has 6 heavy (non-hydrogen) atoms. The van der Waals surface area contributed by atoms with Crippen molar-refractivity contribution in [2.45, 2.75) is 0 Å². The van der Waals surface area contributed by atoms with Crippen LogP contribution in [0.2, 0.25) is 0 Å². The number of halogens is 2. The molecule has 0 rings (SSSR count). The van der Waals surface area contributed by atoms with Crippen LogP contribution in [0.25, 0.3) is 0 Å². The molecule has 0 aliphatic rings. The van der Waals surface area contributed by atoms with Crippen LogP contribution in [-0.4, -0.2) is 11.8 Å². The fourth-order valence-corrected chi connectivity index (χ4v) is 0.393. The van der Waals surface area contributed by atoms with E-state index in [1.54, 1.807) is 0 Å². The second-order valence-electron chi connectivity index (χ2n) is 0.792. The maximum Gasteiger partial charge on any atom is 0.188 e. The van der Waals surface area contributed by atoms with Crippen LogP contribution in [-0.2, 0) is 0 Å². The smallest absolute Gasteiger partial charge is 0.122 e. The molecule has 0 aromatic heterocycles. The molecular formula is C4H7Cl2+. The van der Waals surface area contributed by atoms with Gasteiger partial charge in [-0.15, -0.1) is 11.6 Å². The number of hydrogen-bond acceptors (Lipinski definition) is 0. The molecule has 0 saturated carbocycles. The highest BCUT2D eigenvalue weighted by atomic mass is 35.5. The van der Waals surface area contributed by atoms with Crippen molar-refractivity contribution >= 4 is 11.6 Å². The van der Waals surface area contributed by atoms with Crippen LogP contribution in [0.15, 0.2) is 12.2 Å². The van der Waals surface area contributed by atoms with Gasteiger partial charge in [0.2, 0.25) is 0 Å². The Hall–Kier alpha value is 0.320. The van der Waals surface area contributed by atoms with Crippen LogP contribution in [0, 0.1) is 11.6 Å². The molecular weight excluding hydrogens is 119 g/mol. The summed E-state index contributed by atoms with van der Waals surface area (Å²) >= 11 is 9.82. The Kier molecular flexibility index (Phi) is 5.60. The molecule has 0 aliphatic heterocycles. The van der Waals surface area contributed by atoms with Crippen LogP contribution in [0.1, 0.15) is 0 Å². The number of alkyl halides is 2. The molecule has 0 bridgehead atoms. The molecule has 0 nitrogen and oxygen atoms in total. The first kappa shape index (κ1) is 6.32. The van der Waals surface area contributed by atoms with Gasteiger partial charge in [-0.25, -0.2) is 0 Å². The van der Waals surface area contributed by atoms with Gasteiger partial charge < -0.3 is 0 Å². The van der Waals surface area contributed by atoms with Crippen molar-refractivity contribution < 1.29 is 11.6 Å². The quantitative estimate of drug-likeness (QED) is 0.383. The van der Waals surface area contributed by atoms with Gasteiger partial charge in [0.05, 0.1) is 0 Å². The van der Waals surface area contributed by atoms with Crippen molar-refractivity contribution in [2.75, 3.05) is 11.8 Å². The lowest BCUT2D eigenvalue weighted by molar-refractivity contribution is -0.352. The Bertz CT molecular complexity index is 34.8. The Morgan fingerprint density at radius 1 is 1.50 bits per heavy atom. The van der Waals surface area contributed by atoms with E-state index in [9.17, 15) is 0 Å². The van der Waals surface area contributed by atoms with E-state index in [1.807, 2.05) is 12.2 Å². The molecule has 2 heteroatoms. The second kappa shape index (κ2) is 5.32. The predicted molar refractivity (Wildman–Crippen MR) is 26.1 cm³/mol. The Labute approximate surface area is 47.8 Å². The average Bonchev–Trinajstić information content (AvgIpc) is 1.61. The van der Waals surface area contributed by atoms with E-state index in [-0.39, 0.29) is 0 Å². The molecule has 0 fully saturated rings. The summed E-state index contributed by atoms with van der Waals surface area (Å²) in [5.74, 6) is 1.25. The second-order valence-corrected chi connectivity index (χ2v) is 1.43. The third-order valence-corrected chi connectivity index (χ3v) is 0.723. The van der Waals surface area contributed by atoms with E-state index in [1.165, 1.54) is 0 Å². The van der Waals surface area contributed by atoms with Gasteiger partial charge in [0, 0.05) is 5.88 Å². The largest absolute Gasteiger partial charge is 0.188 e. The molecule has 0 aromatic rings. The highest BCUT2D eigenvalue weighted by molar-refractivity contribution is 6.18. The summed E-state index contributed by atoms with van der Waals surface area (Å²) in [5, 5.41) is 0. The van der Waals surface area contributed by atoms with E-state index in [0.717, 1.165) is 0 Å². The predicted octanol–water partition coefficient (Wildman–Crippen LogP) is 1.06. The lowest BCUT2D eigenvalue weighted by atomic mass is 10.6. The summed E-state index contributed by atoms with van der Waals surface area (Å²) in [4.78, 5) is 0. The number of rotatable bonds is 2. The van der Waals surface area contributed by atoms with Crippen molar-refractivity contribution in [3.05, 3.63) is 12.2 Å². The maximum atomic E-state index is 5.25. The first-order valence-corrected chi connectivity index (χ1v) is 2.82. The first-order chi connectivity index (χ1) is 2.91. The normalized spacial score (nSPS) is 10.3. The first-order valence-electron chi connectivity index (χ1n) is 1.71. The minimum absolute atomic E-state index is 0.580. The fourth-order valence-electron chi connectivity index (χ4n) is 0.131. The molecule has 0 atom stereocenters. The molecule has 0 N–H and O–H groups in total. The lowest BCUT2D eigenvalue weighted by Gasteiger charge is -1.64. The molecule has 0 heterocycles. The molecule has 0 saturated heterocycles. The number of hydrogen-bond donors (Lipinski definition) is 0. The number of allylic oxidation sites excluding steroid dienone is 2. The van der Waals surface area contributed by atoms with E-state index in [4.69, 9.17) is 11.6 Å². The average molecular weight is 126 g/mol. The van der Waals surface area contributed by atoms with Crippen LogP contribution >= 0.6 is 11.6 Å². The minimum atomic E-state index is 0.580. The highest BCUT2D eigenvalue weighted by Gasteiger charge is 1.70. The van der Waals surface area contributed by atoms with Crippen molar-refractivity contribution in [1.82, 2.24) is 0 Å². The summed E-state index contributed by atoms with van der Waals surface area (Å²) < 4.78 is 0. The topological polar surface area (TPSA) is 0 Å². The molecule has 0 unspecified atom stereocenters. The summed E-state index contributed by atoms with van der Waals surface area (Å²) in [6.45, 7) is 0. The van der Waals surface area contributed by atoms with Crippen LogP contribution in [0.3, 0.4) is 0 Å². The van der Waals surface area contributed by atoms with E-state index in [2.05, 4.69) is 11.6 Å². The molecule has 0 spiro atoms. The Morgan fingerprint density at radius 3 is 2.33 bits per heavy atom. The van der Waals surface area contributed by atoms with Crippen molar-refractivity contribution in [3.63, 3.8) is 0 Å². The Balaban J connectivity index is 2.73. The molecule has 0 amide bonds. The summed E-state index contributed by atoms with van der Waals surface area (Å²) in [7, 11) is 0. The van der Waals surface area contributed by atoms with Gasteiger partial charge in [-0.3, -0.25) is 0 Å². The van der Waals surface area contributed by atoms with Gasteiger partial charge in [0.15, 0.2) is 5.88 Å². The maximum absolute atomic E-state index is 5.25. The van der Waals surface area contributed by atoms with Crippen LogP contribution in [0.4, 0.5) is 0 Å². The van der Waals surface area contributed by atoms with Gasteiger partial charge >= 0.3 is 0 Å². The van der Waals surface area contributed by atoms with Crippen LogP contribution in [0.5, 0.6) is 0 Å². The SMILES string of the molecule is ClCC=CC[ClH+]. The monoisotopic (exact) mass is 125 g/mol. The third kappa shape index (κ3) is 4.32. The summed E-state index contributed by atoms with van der Waals surface area (Å²) in [5.41, 5.74) is 0. The molecule has 36 valence electrons. The molecule has 0 radical (unpaired) electrons. The zero-order valence-electron chi connectivity index (χ0n) is 3.36. The molecule has 0 aromatic carbocycles. The highest BCUT2D eigenvalue weighted by Crippen LogP contribution is 1.74. The minimum Gasteiger partial charge on any atom is -0.122 e. The van der Waals surface area contributed by atoms with Crippen molar-refractivity contribution in [2.24, 2.45) is 0 Å². The van der Waals surface area contributed by atoms with Gasteiger partial charge in [0.25, 0.3) is 0 Å². The van der Waals surface area contributed by atoms with Gasteiger partial charge in [-0.2, -0.15) is 0 Å². The lowest BCUT2D eigenvalue weighted by Crippen LogP contribution is -1.65. The third-order valence-electron chi connectivity index (χ3n) is 0.352. The van der Waals surface area contributed by atoms with Crippen molar-refractivity contribution in [3.8, 4) is 0 Å². The van der Waals surface area contributed by atoms with E-state index in [0.29, 0.717) is 11.8 Å². The standard InChI is InChI=1S/C4H7Cl2/c5-3-1-2-4-6/h1-2,5H,3-4H2/q+1. The van der Waals surface area contributed by atoms with Crippen LogP contribution < -0.4 is 0 Å². The zero-order chi connectivity index (χ0) is 4.83. The summed E-state index contributed by atoms with van der Waals surface area (Å²) in [6.07, 6.45) is 3.71. The van der Waals surface area contributed by atoms with E-state index >= 15 is 0 Å². The van der Waals surface area contributed by atoms with Gasteiger partial charge in [-0.05, 0) is 6.08 Å². The fraction of sp³-hybridized carbons (Fsp3) is 0.500. The van der Waals surface area contributed by atoms with E-state index < -0.39 is 0 Å². The Morgan fingerprint density at radius 2 is 2.17 bits per heavy atom. The zero-order valence-corrected chi connectivity index (χ0v) is 4.93.